The van der Waals surface area contributed by atoms with Gasteiger partial charge in [0.25, 0.3) is 0 Å². The Labute approximate surface area is 171 Å². The summed E-state index contributed by atoms with van der Waals surface area (Å²) in [5.74, 6) is -0.196. The molecule has 2 aromatic rings. The van der Waals surface area contributed by atoms with Gasteiger partial charge in [-0.1, -0.05) is 20.8 Å². The van der Waals surface area contributed by atoms with Crippen molar-refractivity contribution in [3.63, 3.8) is 0 Å². The highest BCUT2D eigenvalue weighted by molar-refractivity contribution is 5.81. The molecule has 0 atom stereocenters. The van der Waals surface area contributed by atoms with Crippen LogP contribution in [0.25, 0.3) is 11.3 Å². The molecule has 0 saturated heterocycles. The number of hydrogen-bond acceptors (Lipinski definition) is 3. The van der Waals surface area contributed by atoms with Crippen LogP contribution in [-0.2, 0) is 16.0 Å². The average Bonchev–Trinajstić information content (AvgIpc) is 3.13. The molecule has 2 amide bonds. The minimum atomic E-state index is -0.413. The molecule has 0 bridgehead atoms. The van der Waals surface area contributed by atoms with Gasteiger partial charge in [-0.25, -0.2) is 4.39 Å². The van der Waals surface area contributed by atoms with Crippen LogP contribution in [0.3, 0.4) is 0 Å². The van der Waals surface area contributed by atoms with E-state index in [1.165, 1.54) is 12.1 Å². The Kier molecular flexibility index (Phi) is 7.93. The van der Waals surface area contributed by atoms with E-state index in [-0.39, 0.29) is 17.6 Å². The molecule has 0 aliphatic carbocycles. The molecule has 0 radical (unpaired) electrons. The van der Waals surface area contributed by atoms with E-state index in [1.807, 2.05) is 26.8 Å². The van der Waals surface area contributed by atoms with Crippen LogP contribution in [0, 0.1) is 11.2 Å². The fourth-order valence-corrected chi connectivity index (χ4v) is 2.79. The van der Waals surface area contributed by atoms with Gasteiger partial charge in [0, 0.05) is 43.2 Å². The van der Waals surface area contributed by atoms with E-state index in [4.69, 9.17) is 0 Å². The summed E-state index contributed by atoms with van der Waals surface area (Å²) in [5.41, 5.74) is 2.21. The first kappa shape index (κ1) is 22.6. The van der Waals surface area contributed by atoms with Crippen molar-refractivity contribution in [3.05, 3.63) is 41.8 Å². The van der Waals surface area contributed by atoms with Gasteiger partial charge in [-0.15, -0.1) is 0 Å². The Morgan fingerprint density at radius 3 is 2.52 bits per heavy atom. The van der Waals surface area contributed by atoms with Crippen LogP contribution in [0.1, 0.15) is 45.7 Å². The van der Waals surface area contributed by atoms with Crippen molar-refractivity contribution in [1.82, 2.24) is 20.4 Å². The molecule has 0 unspecified atom stereocenters. The molecular weight excluding hydrogens is 371 g/mol. The first-order valence-electron chi connectivity index (χ1n) is 9.99. The number of amides is 2. The molecule has 6 nitrogen and oxygen atoms in total. The van der Waals surface area contributed by atoms with Gasteiger partial charge in [-0.2, -0.15) is 5.10 Å². The maximum atomic E-state index is 13.0. The Balaban J connectivity index is 1.67. The van der Waals surface area contributed by atoms with Crippen LogP contribution >= 0.6 is 0 Å². The Bertz CT molecular complexity index is 809. The Hall–Kier alpha value is -2.70. The average molecular weight is 403 g/mol. The summed E-state index contributed by atoms with van der Waals surface area (Å²) in [6, 6.07) is 8.18. The second-order valence-corrected chi connectivity index (χ2v) is 8.31. The van der Waals surface area contributed by atoms with Crippen LogP contribution in [-0.4, -0.2) is 47.0 Å². The molecule has 0 fully saturated rings. The lowest BCUT2D eigenvalue weighted by molar-refractivity contribution is -0.131. The number of aryl methyl sites for hydroxylation is 1. The van der Waals surface area contributed by atoms with Crippen molar-refractivity contribution in [2.75, 3.05) is 20.1 Å². The highest BCUT2D eigenvalue weighted by atomic mass is 19.1. The predicted molar refractivity (Wildman–Crippen MR) is 112 cm³/mol. The lowest BCUT2D eigenvalue weighted by Gasteiger charge is -2.19. The summed E-state index contributed by atoms with van der Waals surface area (Å²) in [7, 11) is 1.80. The van der Waals surface area contributed by atoms with Gasteiger partial charge in [0.05, 0.1) is 5.69 Å². The van der Waals surface area contributed by atoms with E-state index in [9.17, 15) is 14.0 Å². The van der Waals surface area contributed by atoms with Gasteiger partial charge in [0.1, 0.15) is 5.82 Å². The molecule has 1 heterocycles. The minimum absolute atomic E-state index is 0.00197. The fourth-order valence-electron chi connectivity index (χ4n) is 2.79. The van der Waals surface area contributed by atoms with Crippen LogP contribution < -0.4 is 5.32 Å². The van der Waals surface area contributed by atoms with E-state index >= 15 is 0 Å². The molecular formula is C22H31FN4O2. The molecule has 0 aliphatic rings. The number of aromatic amines is 1. The summed E-state index contributed by atoms with van der Waals surface area (Å²) in [6.45, 7) is 6.75. The fraction of sp³-hybridized carbons (Fsp3) is 0.500. The molecule has 2 rings (SSSR count). The molecule has 0 saturated carbocycles. The van der Waals surface area contributed by atoms with Gasteiger partial charge in [-0.05, 0) is 49.6 Å². The lowest BCUT2D eigenvalue weighted by atomic mass is 9.96. The summed E-state index contributed by atoms with van der Waals surface area (Å²) in [6.07, 6.45) is 2.63. The number of nitrogens with one attached hydrogen (secondary N) is 2. The molecule has 0 spiro atoms. The number of H-pyrrole nitrogens is 1. The van der Waals surface area contributed by atoms with E-state index in [0.717, 1.165) is 29.8 Å². The summed E-state index contributed by atoms with van der Waals surface area (Å²) >= 11 is 0. The summed E-state index contributed by atoms with van der Waals surface area (Å²) < 4.78 is 13.0. The molecule has 2 N–H and O–H groups in total. The van der Waals surface area contributed by atoms with E-state index in [2.05, 4.69) is 15.5 Å². The van der Waals surface area contributed by atoms with E-state index in [0.29, 0.717) is 25.9 Å². The van der Waals surface area contributed by atoms with Crippen molar-refractivity contribution < 1.29 is 14.0 Å². The molecule has 7 heteroatoms. The van der Waals surface area contributed by atoms with Gasteiger partial charge in [0.2, 0.25) is 11.8 Å². The summed E-state index contributed by atoms with van der Waals surface area (Å²) in [5, 5.41) is 10.1. The number of aromatic nitrogens is 2. The maximum absolute atomic E-state index is 13.0. The van der Waals surface area contributed by atoms with Crippen LogP contribution in [0.2, 0.25) is 0 Å². The van der Waals surface area contributed by atoms with Crippen molar-refractivity contribution >= 4 is 11.8 Å². The zero-order valence-electron chi connectivity index (χ0n) is 17.7. The standard InChI is InChI=1S/C22H31FN4O2/c1-22(2,3)21(29)24-13-5-8-20(28)27(4)14-6-7-18-15-19(26-25-18)16-9-11-17(23)12-10-16/h9-12,15H,5-8,13-14H2,1-4H3,(H,24,29)(H,25,26). The molecule has 1 aromatic heterocycles. The molecule has 29 heavy (non-hydrogen) atoms. The van der Waals surface area contributed by atoms with Crippen molar-refractivity contribution in [2.24, 2.45) is 5.41 Å². The predicted octanol–water partition coefficient (Wildman–Crippen LogP) is 3.55. The normalized spacial score (nSPS) is 11.3. The van der Waals surface area contributed by atoms with E-state index in [1.54, 1.807) is 24.1 Å². The second-order valence-electron chi connectivity index (χ2n) is 8.31. The van der Waals surface area contributed by atoms with Crippen molar-refractivity contribution in [2.45, 2.75) is 46.5 Å². The number of carbonyl (C=O) groups excluding carboxylic acids is 2. The number of halogens is 1. The third-order valence-corrected chi connectivity index (χ3v) is 4.67. The number of hydrogen-bond donors (Lipinski definition) is 2. The topological polar surface area (TPSA) is 78.1 Å². The van der Waals surface area contributed by atoms with Gasteiger partial charge >= 0.3 is 0 Å². The monoisotopic (exact) mass is 402 g/mol. The Morgan fingerprint density at radius 2 is 1.86 bits per heavy atom. The molecule has 158 valence electrons. The number of rotatable bonds is 9. The van der Waals surface area contributed by atoms with Crippen molar-refractivity contribution in [1.29, 1.82) is 0 Å². The second kappa shape index (κ2) is 10.2. The SMILES string of the molecule is CN(CCCc1cc(-c2ccc(F)cc2)n[nH]1)C(=O)CCCNC(=O)C(C)(C)C. The van der Waals surface area contributed by atoms with Gasteiger partial charge in [-0.3, -0.25) is 14.7 Å². The zero-order valence-corrected chi connectivity index (χ0v) is 17.7. The van der Waals surface area contributed by atoms with Crippen molar-refractivity contribution in [3.8, 4) is 11.3 Å². The van der Waals surface area contributed by atoms with Crippen LogP contribution in [0.4, 0.5) is 4.39 Å². The minimum Gasteiger partial charge on any atom is -0.356 e. The molecule has 1 aromatic carbocycles. The quantitative estimate of drug-likeness (QED) is 0.630. The first-order chi connectivity index (χ1) is 13.7. The van der Waals surface area contributed by atoms with Gasteiger partial charge < -0.3 is 10.2 Å². The smallest absolute Gasteiger partial charge is 0.225 e. The molecule has 0 aliphatic heterocycles. The highest BCUT2D eigenvalue weighted by Gasteiger charge is 2.20. The zero-order chi connectivity index (χ0) is 21.4. The van der Waals surface area contributed by atoms with Crippen LogP contribution in [0.15, 0.2) is 30.3 Å². The number of benzene rings is 1. The number of nitrogens with zero attached hydrogens (tertiary/aromatic N) is 2. The summed E-state index contributed by atoms with van der Waals surface area (Å²) in [4.78, 5) is 25.7. The maximum Gasteiger partial charge on any atom is 0.225 e. The largest absolute Gasteiger partial charge is 0.356 e. The van der Waals surface area contributed by atoms with Gasteiger partial charge in [0.15, 0.2) is 0 Å². The lowest BCUT2D eigenvalue weighted by Crippen LogP contribution is -2.36. The first-order valence-corrected chi connectivity index (χ1v) is 9.99. The highest BCUT2D eigenvalue weighted by Crippen LogP contribution is 2.18. The Morgan fingerprint density at radius 1 is 1.17 bits per heavy atom. The third-order valence-electron chi connectivity index (χ3n) is 4.67. The van der Waals surface area contributed by atoms with Crippen LogP contribution in [0.5, 0.6) is 0 Å². The number of carbonyl (C=O) groups is 2. The third kappa shape index (κ3) is 7.33. The van der Waals surface area contributed by atoms with E-state index < -0.39 is 5.41 Å².